The fourth-order valence-electron chi connectivity index (χ4n) is 2.06. The molecule has 0 aliphatic carbocycles. The van der Waals surface area contributed by atoms with Crippen molar-refractivity contribution >= 4 is 12.0 Å². The molecule has 4 heteroatoms. The van der Waals surface area contributed by atoms with Crippen molar-refractivity contribution in [1.82, 2.24) is 5.32 Å². The third kappa shape index (κ3) is 3.99. The molecule has 0 radical (unpaired) electrons. The number of nitrogens with one attached hydrogen (secondary N) is 1. The number of ether oxygens (including phenoxy) is 1. The molecule has 2 aromatic rings. The zero-order chi connectivity index (χ0) is 15.2. The van der Waals surface area contributed by atoms with Crippen molar-refractivity contribution < 1.29 is 13.9 Å². The molecule has 1 amide bonds. The number of hydrogen-bond donors (Lipinski definition) is 1. The van der Waals surface area contributed by atoms with E-state index in [9.17, 15) is 4.79 Å². The Morgan fingerprint density at radius 3 is 2.71 bits per heavy atom. The lowest BCUT2D eigenvalue weighted by Gasteiger charge is -2.16. The summed E-state index contributed by atoms with van der Waals surface area (Å²) in [5, 5.41) is 2.90. The lowest BCUT2D eigenvalue weighted by atomic mass is 10.1. The van der Waals surface area contributed by atoms with Gasteiger partial charge in [-0.25, -0.2) is 0 Å². The number of hydrogen-bond acceptors (Lipinski definition) is 3. The number of amides is 1. The van der Waals surface area contributed by atoms with Crippen molar-refractivity contribution in [2.24, 2.45) is 0 Å². The fourth-order valence-corrected chi connectivity index (χ4v) is 2.06. The molecule has 1 unspecified atom stereocenters. The summed E-state index contributed by atoms with van der Waals surface area (Å²) in [5.74, 6) is 2.06. The maximum atomic E-state index is 11.9. The van der Waals surface area contributed by atoms with Crippen LogP contribution in [0.1, 0.15) is 30.0 Å². The van der Waals surface area contributed by atoms with Crippen LogP contribution < -0.4 is 10.1 Å². The van der Waals surface area contributed by atoms with Gasteiger partial charge < -0.3 is 14.5 Å². The smallest absolute Gasteiger partial charge is 0.244 e. The van der Waals surface area contributed by atoms with E-state index in [1.54, 1.807) is 13.2 Å². The number of rotatable bonds is 5. The fraction of sp³-hybridized carbons (Fsp3) is 0.235. The van der Waals surface area contributed by atoms with Crippen molar-refractivity contribution in [3.8, 4) is 5.75 Å². The number of carbonyl (C=O) groups excluding carboxylic acids is 1. The summed E-state index contributed by atoms with van der Waals surface area (Å²) in [6, 6.07) is 11.2. The Bertz CT molecular complexity index is 643. The molecule has 1 heterocycles. The lowest BCUT2D eigenvalue weighted by molar-refractivity contribution is -0.117. The second kappa shape index (κ2) is 6.79. The van der Waals surface area contributed by atoms with E-state index < -0.39 is 0 Å². The first-order valence-corrected chi connectivity index (χ1v) is 6.78. The Balaban J connectivity index is 2.00. The predicted octanol–water partition coefficient (Wildman–Crippen LogP) is 3.49. The van der Waals surface area contributed by atoms with Gasteiger partial charge in [-0.2, -0.15) is 0 Å². The van der Waals surface area contributed by atoms with Crippen molar-refractivity contribution in [2.75, 3.05) is 7.11 Å². The van der Waals surface area contributed by atoms with Gasteiger partial charge >= 0.3 is 0 Å². The van der Waals surface area contributed by atoms with Crippen molar-refractivity contribution in [1.29, 1.82) is 0 Å². The van der Waals surface area contributed by atoms with Crippen LogP contribution in [0.5, 0.6) is 5.75 Å². The van der Waals surface area contributed by atoms with Gasteiger partial charge in [-0.15, -0.1) is 0 Å². The van der Waals surface area contributed by atoms with Crippen molar-refractivity contribution in [2.45, 2.75) is 19.9 Å². The van der Waals surface area contributed by atoms with E-state index >= 15 is 0 Å². The van der Waals surface area contributed by atoms with Gasteiger partial charge in [-0.1, -0.05) is 18.2 Å². The average molecular weight is 285 g/mol. The molecule has 2 rings (SSSR count). The van der Waals surface area contributed by atoms with Crippen LogP contribution in [0.25, 0.3) is 6.08 Å². The highest BCUT2D eigenvalue weighted by Crippen LogP contribution is 2.24. The summed E-state index contributed by atoms with van der Waals surface area (Å²) in [6.07, 6.45) is 3.11. The Hall–Kier alpha value is -2.49. The molecule has 1 N–H and O–H groups in total. The van der Waals surface area contributed by atoms with Gasteiger partial charge in [0.25, 0.3) is 0 Å². The van der Waals surface area contributed by atoms with Crippen LogP contribution in [0, 0.1) is 6.92 Å². The minimum Gasteiger partial charge on any atom is -0.496 e. The van der Waals surface area contributed by atoms with E-state index in [0.29, 0.717) is 5.76 Å². The van der Waals surface area contributed by atoms with E-state index in [2.05, 4.69) is 5.32 Å². The Kier molecular flexibility index (Phi) is 4.82. The van der Waals surface area contributed by atoms with E-state index in [4.69, 9.17) is 9.15 Å². The third-order valence-corrected chi connectivity index (χ3v) is 3.12. The molecular weight excluding hydrogens is 266 g/mol. The van der Waals surface area contributed by atoms with Gasteiger partial charge in [0, 0.05) is 11.6 Å². The van der Waals surface area contributed by atoms with Crippen molar-refractivity contribution in [3.63, 3.8) is 0 Å². The molecule has 110 valence electrons. The molecule has 1 aromatic heterocycles. The van der Waals surface area contributed by atoms with Gasteiger partial charge in [0.15, 0.2) is 0 Å². The highest BCUT2D eigenvalue weighted by Gasteiger charge is 2.12. The lowest BCUT2D eigenvalue weighted by Crippen LogP contribution is -2.24. The van der Waals surface area contributed by atoms with Gasteiger partial charge in [0.1, 0.15) is 17.3 Å². The van der Waals surface area contributed by atoms with Gasteiger partial charge in [0.2, 0.25) is 5.91 Å². The van der Waals surface area contributed by atoms with Crippen LogP contribution >= 0.6 is 0 Å². The van der Waals surface area contributed by atoms with Gasteiger partial charge in [-0.05, 0) is 38.1 Å². The van der Waals surface area contributed by atoms with Crippen LogP contribution in [-0.4, -0.2) is 13.0 Å². The second-order valence-corrected chi connectivity index (χ2v) is 4.75. The first-order valence-electron chi connectivity index (χ1n) is 6.78. The number of furan rings is 1. The average Bonchev–Trinajstić information content (AvgIpc) is 2.90. The van der Waals surface area contributed by atoms with E-state index in [0.717, 1.165) is 17.1 Å². The first-order chi connectivity index (χ1) is 10.1. The normalized spacial score (nSPS) is 12.3. The molecule has 1 aromatic carbocycles. The zero-order valence-electron chi connectivity index (χ0n) is 12.4. The Morgan fingerprint density at radius 2 is 2.05 bits per heavy atom. The highest BCUT2D eigenvalue weighted by molar-refractivity contribution is 5.91. The first kappa shape index (κ1) is 14.9. The number of methoxy groups -OCH3 is 1. The monoisotopic (exact) mass is 285 g/mol. The van der Waals surface area contributed by atoms with Gasteiger partial charge in [0.05, 0.1) is 13.2 Å². The number of benzene rings is 1. The maximum absolute atomic E-state index is 11.9. The summed E-state index contributed by atoms with van der Waals surface area (Å²) >= 11 is 0. The van der Waals surface area contributed by atoms with Gasteiger partial charge in [-0.3, -0.25) is 4.79 Å². The molecule has 1 atom stereocenters. The van der Waals surface area contributed by atoms with Crippen LogP contribution in [0.15, 0.2) is 46.9 Å². The van der Waals surface area contributed by atoms with Crippen LogP contribution in [0.2, 0.25) is 0 Å². The standard InChI is InChI=1S/C17H19NO3/c1-12-8-9-14(21-12)10-11-17(19)18-13(2)15-6-4-5-7-16(15)20-3/h4-11,13H,1-3H3,(H,18,19)/b11-10+. The molecule has 0 aliphatic heterocycles. The van der Waals surface area contributed by atoms with E-state index in [-0.39, 0.29) is 11.9 Å². The predicted molar refractivity (Wildman–Crippen MR) is 82.0 cm³/mol. The number of carbonyl (C=O) groups is 1. The van der Waals surface area contributed by atoms with Crippen LogP contribution in [0.3, 0.4) is 0 Å². The molecule has 0 fully saturated rings. The molecule has 0 bridgehead atoms. The minimum absolute atomic E-state index is 0.142. The quantitative estimate of drug-likeness (QED) is 0.856. The summed E-state index contributed by atoms with van der Waals surface area (Å²) in [5.41, 5.74) is 0.940. The second-order valence-electron chi connectivity index (χ2n) is 4.75. The topological polar surface area (TPSA) is 51.5 Å². The van der Waals surface area contributed by atoms with E-state index in [1.165, 1.54) is 6.08 Å². The summed E-state index contributed by atoms with van der Waals surface area (Å²) < 4.78 is 10.7. The van der Waals surface area contributed by atoms with Crippen LogP contribution in [0.4, 0.5) is 0 Å². The number of aryl methyl sites for hydroxylation is 1. The Labute approximate surface area is 124 Å². The zero-order valence-corrected chi connectivity index (χ0v) is 12.4. The third-order valence-electron chi connectivity index (χ3n) is 3.12. The maximum Gasteiger partial charge on any atom is 0.244 e. The molecular formula is C17H19NO3. The van der Waals surface area contributed by atoms with Crippen LogP contribution in [-0.2, 0) is 4.79 Å². The molecule has 4 nitrogen and oxygen atoms in total. The largest absolute Gasteiger partial charge is 0.496 e. The van der Waals surface area contributed by atoms with Crippen molar-refractivity contribution in [3.05, 3.63) is 59.6 Å². The molecule has 0 saturated carbocycles. The molecule has 0 spiro atoms. The van der Waals surface area contributed by atoms with E-state index in [1.807, 2.05) is 50.2 Å². The summed E-state index contributed by atoms with van der Waals surface area (Å²) in [4.78, 5) is 11.9. The minimum atomic E-state index is -0.178. The summed E-state index contributed by atoms with van der Waals surface area (Å²) in [7, 11) is 1.62. The molecule has 21 heavy (non-hydrogen) atoms. The highest BCUT2D eigenvalue weighted by atomic mass is 16.5. The molecule has 0 saturated heterocycles. The Morgan fingerprint density at radius 1 is 1.29 bits per heavy atom. The SMILES string of the molecule is COc1ccccc1C(C)NC(=O)/C=C/c1ccc(C)o1. The number of para-hydroxylation sites is 1. The summed E-state index contributed by atoms with van der Waals surface area (Å²) in [6.45, 7) is 3.78. The molecule has 0 aliphatic rings.